The van der Waals surface area contributed by atoms with E-state index in [-0.39, 0.29) is 12.4 Å². The average Bonchev–Trinajstić information content (AvgIpc) is 2.14. The second-order valence-electron chi connectivity index (χ2n) is 5.34. The molecule has 0 unspecified atom stereocenters. The molecule has 0 spiro atoms. The molecule has 1 rings (SSSR count). The van der Waals surface area contributed by atoms with Crippen LogP contribution < -0.4 is 0 Å². The molecule has 0 aliphatic rings. The number of halogens is 1. The molecule has 0 aromatic carbocycles. The highest BCUT2D eigenvalue weighted by molar-refractivity contribution is 5.87. The first-order chi connectivity index (χ1) is 7.88. The van der Waals surface area contributed by atoms with E-state index in [1.54, 1.807) is 12.1 Å². The maximum atomic E-state index is 11.0. The van der Waals surface area contributed by atoms with Crippen molar-refractivity contribution in [2.45, 2.75) is 40.5 Å². The van der Waals surface area contributed by atoms with Gasteiger partial charge in [-0.05, 0) is 36.8 Å². The van der Waals surface area contributed by atoms with E-state index in [1.165, 1.54) is 0 Å². The molecular weight excluding hydrogens is 250 g/mol. The first-order valence-electron chi connectivity index (χ1n) is 6.11. The first-order valence-corrected chi connectivity index (χ1v) is 6.11. The Bertz CT molecular complexity index is 375. The largest absolute Gasteiger partial charge is 0.478 e. The number of aromatic nitrogens is 1. The van der Waals surface area contributed by atoms with Crippen molar-refractivity contribution in [1.29, 1.82) is 0 Å². The Kier molecular flexibility index (Phi) is 6.92. The van der Waals surface area contributed by atoms with Gasteiger partial charge < -0.3 is 5.11 Å². The minimum absolute atomic E-state index is 0. The Morgan fingerprint density at radius 1 is 1.11 bits per heavy atom. The fourth-order valence-corrected chi connectivity index (χ4v) is 1.82. The van der Waals surface area contributed by atoms with Gasteiger partial charge in [0.2, 0.25) is 0 Å². The van der Waals surface area contributed by atoms with Crippen LogP contribution in [0.15, 0.2) is 12.1 Å². The van der Waals surface area contributed by atoms with Crippen molar-refractivity contribution in [3.8, 4) is 0 Å². The highest BCUT2D eigenvalue weighted by atomic mass is 35.5. The Labute approximate surface area is 115 Å². The van der Waals surface area contributed by atoms with Crippen molar-refractivity contribution in [3.05, 3.63) is 29.1 Å². The fraction of sp³-hybridized carbons (Fsp3) is 0.571. The summed E-state index contributed by atoms with van der Waals surface area (Å²) in [7, 11) is 0. The number of carboxylic acid groups (broad SMARTS) is 1. The smallest absolute Gasteiger partial charge is 0.335 e. The number of carboxylic acids is 1. The summed E-state index contributed by atoms with van der Waals surface area (Å²) >= 11 is 0. The summed E-state index contributed by atoms with van der Waals surface area (Å²) in [6, 6.07) is 3.37. The van der Waals surface area contributed by atoms with Crippen LogP contribution in [0.2, 0.25) is 0 Å². The molecule has 0 saturated heterocycles. The lowest BCUT2D eigenvalue weighted by molar-refractivity contribution is 0.0696. The van der Waals surface area contributed by atoms with Crippen molar-refractivity contribution < 1.29 is 9.90 Å². The van der Waals surface area contributed by atoms with Crippen LogP contribution in [-0.2, 0) is 12.8 Å². The van der Waals surface area contributed by atoms with E-state index in [4.69, 9.17) is 5.11 Å². The average molecular weight is 272 g/mol. The lowest BCUT2D eigenvalue weighted by Crippen LogP contribution is -2.07. The Balaban J connectivity index is 0.00000289. The quantitative estimate of drug-likeness (QED) is 0.890. The fourth-order valence-electron chi connectivity index (χ4n) is 1.82. The van der Waals surface area contributed by atoms with Gasteiger partial charge in [-0.25, -0.2) is 4.79 Å². The number of nitrogens with zero attached hydrogens (tertiary/aromatic N) is 1. The summed E-state index contributed by atoms with van der Waals surface area (Å²) in [5.74, 6) is 0.0966. The normalized spacial score (nSPS) is 10.6. The number of pyridine rings is 1. The molecule has 0 radical (unpaired) electrons. The van der Waals surface area contributed by atoms with Crippen LogP contribution in [0.25, 0.3) is 0 Å². The Morgan fingerprint density at radius 3 is 1.78 bits per heavy atom. The first kappa shape index (κ1) is 16.9. The van der Waals surface area contributed by atoms with Crippen molar-refractivity contribution in [1.82, 2.24) is 4.98 Å². The second-order valence-corrected chi connectivity index (χ2v) is 5.34. The molecule has 0 aliphatic heterocycles. The van der Waals surface area contributed by atoms with Crippen LogP contribution in [0.4, 0.5) is 0 Å². The van der Waals surface area contributed by atoms with Crippen LogP contribution in [0.1, 0.15) is 49.4 Å². The van der Waals surface area contributed by atoms with Gasteiger partial charge in [0, 0.05) is 11.4 Å². The Morgan fingerprint density at radius 2 is 1.50 bits per heavy atom. The van der Waals surface area contributed by atoms with Gasteiger partial charge in [-0.2, -0.15) is 0 Å². The molecule has 0 saturated carbocycles. The molecule has 18 heavy (non-hydrogen) atoms. The van der Waals surface area contributed by atoms with Crippen LogP contribution in [0.3, 0.4) is 0 Å². The number of aromatic carboxylic acids is 1. The molecule has 1 N–H and O–H groups in total. The van der Waals surface area contributed by atoms with Crippen molar-refractivity contribution in [2.75, 3.05) is 0 Å². The summed E-state index contributed by atoms with van der Waals surface area (Å²) in [6.45, 7) is 8.43. The number of rotatable bonds is 5. The van der Waals surface area contributed by atoms with E-state index < -0.39 is 5.97 Å². The maximum Gasteiger partial charge on any atom is 0.335 e. The zero-order valence-electron chi connectivity index (χ0n) is 11.4. The van der Waals surface area contributed by atoms with Crippen LogP contribution in [0, 0.1) is 11.8 Å². The summed E-state index contributed by atoms with van der Waals surface area (Å²) in [6.07, 6.45) is 1.65. The van der Waals surface area contributed by atoms with E-state index in [9.17, 15) is 4.79 Å². The van der Waals surface area contributed by atoms with Crippen LogP contribution >= 0.6 is 12.4 Å². The van der Waals surface area contributed by atoms with Crippen molar-refractivity contribution in [3.63, 3.8) is 0 Å². The van der Waals surface area contributed by atoms with Gasteiger partial charge in [0.05, 0.1) is 5.56 Å². The topological polar surface area (TPSA) is 50.2 Å². The molecule has 4 heteroatoms. The standard InChI is InChI=1S/C14H21NO2.ClH/c1-9(2)5-12-7-11(14(16)17)8-13(15-12)6-10(3)4;/h7-10H,5-6H2,1-4H3,(H,16,17);1H. The van der Waals surface area contributed by atoms with E-state index in [0.29, 0.717) is 17.4 Å². The van der Waals surface area contributed by atoms with Crippen molar-refractivity contribution in [2.24, 2.45) is 11.8 Å². The number of hydrogen-bond acceptors (Lipinski definition) is 2. The van der Waals surface area contributed by atoms with Gasteiger partial charge in [0.15, 0.2) is 0 Å². The Hall–Kier alpha value is -1.09. The van der Waals surface area contributed by atoms with Gasteiger partial charge in [-0.1, -0.05) is 27.7 Å². The lowest BCUT2D eigenvalue weighted by Gasteiger charge is -2.10. The van der Waals surface area contributed by atoms with Gasteiger partial charge in [-0.3, -0.25) is 4.98 Å². The molecular formula is C14H22ClNO2. The summed E-state index contributed by atoms with van der Waals surface area (Å²) in [4.78, 5) is 15.6. The van der Waals surface area contributed by atoms with Crippen LogP contribution in [0.5, 0.6) is 0 Å². The molecule has 1 aromatic rings. The van der Waals surface area contributed by atoms with E-state index >= 15 is 0 Å². The molecule has 102 valence electrons. The van der Waals surface area contributed by atoms with E-state index in [1.807, 2.05) is 0 Å². The molecule has 0 aliphatic carbocycles. The van der Waals surface area contributed by atoms with Gasteiger partial charge in [0.1, 0.15) is 0 Å². The summed E-state index contributed by atoms with van der Waals surface area (Å²) in [5.41, 5.74) is 2.12. The highest BCUT2D eigenvalue weighted by Crippen LogP contribution is 2.13. The van der Waals surface area contributed by atoms with Gasteiger partial charge in [0.25, 0.3) is 0 Å². The predicted octanol–water partition coefficient (Wildman–Crippen LogP) is 3.60. The minimum Gasteiger partial charge on any atom is -0.478 e. The molecule has 0 atom stereocenters. The van der Waals surface area contributed by atoms with Gasteiger partial charge >= 0.3 is 5.97 Å². The highest BCUT2D eigenvalue weighted by Gasteiger charge is 2.10. The summed E-state index contributed by atoms with van der Waals surface area (Å²) < 4.78 is 0. The second kappa shape index (κ2) is 7.37. The monoisotopic (exact) mass is 271 g/mol. The number of carbonyl (C=O) groups is 1. The molecule has 0 amide bonds. The molecule has 3 nitrogen and oxygen atoms in total. The summed E-state index contributed by atoms with van der Waals surface area (Å²) in [5, 5.41) is 9.07. The third-order valence-corrected chi connectivity index (χ3v) is 2.41. The molecule has 0 bridgehead atoms. The minimum atomic E-state index is -0.873. The molecule has 1 heterocycles. The molecule has 1 aromatic heterocycles. The predicted molar refractivity (Wildman–Crippen MR) is 75.5 cm³/mol. The van der Waals surface area contributed by atoms with Gasteiger partial charge in [-0.15, -0.1) is 12.4 Å². The van der Waals surface area contributed by atoms with Crippen molar-refractivity contribution >= 4 is 18.4 Å². The SMILES string of the molecule is CC(C)Cc1cc(C(=O)O)cc(CC(C)C)n1.Cl. The zero-order valence-corrected chi connectivity index (χ0v) is 12.3. The third-order valence-electron chi connectivity index (χ3n) is 2.41. The molecule has 0 fully saturated rings. The third kappa shape index (κ3) is 5.50. The van der Waals surface area contributed by atoms with E-state index in [2.05, 4.69) is 32.7 Å². The zero-order chi connectivity index (χ0) is 13.0. The number of hydrogen-bond donors (Lipinski definition) is 1. The van der Waals surface area contributed by atoms with E-state index in [0.717, 1.165) is 24.2 Å². The van der Waals surface area contributed by atoms with Crippen LogP contribution in [-0.4, -0.2) is 16.1 Å². The maximum absolute atomic E-state index is 11.0. The lowest BCUT2D eigenvalue weighted by atomic mass is 10.0.